The topological polar surface area (TPSA) is 40.5 Å². The number of aliphatic carboxylic acids is 1. The third kappa shape index (κ3) is 3.67. The van der Waals surface area contributed by atoms with E-state index in [9.17, 15) is 4.79 Å². The van der Waals surface area contributed by atoms with Crippen molar-refractivity contribution in [1.82, 2.24) is 4.90 Å². The normalized spacial score (nSPS) is 29.1. The van der Waals surface area contributed by atoms with E-state index in [1.807, 2.05) is 4.90 Å². The van der Waals surface area contributed by atoms with E-state index in [-0.39, 0.29) is 0 Å². The molecule has 5 heteroatoms. The number of carboxylic acid groups (broad SMARTS) is 1. The van der Waals surface area contributed by atoms with Crippen LogP contribution in [0.3, 0.4) is 0 Å². The summed E-state index contributed by atoms with van der Waals surface area (Å²) in [5.41, 5.74) is 1.29. The Bertz CT molecular complexity index is 268. The van der Waals surface area contributed by atoms with Gasteiger partial charge in [-0.25, -0.2) is 0 Å². The number of likely N-dealkylation sites (tertiary alicyclic amines) is 1. The first-order chi connectivity index (χ1) is 7.04. The third-order valence-electron chi connectivity index (χ3n) is 2.73. The number of rotatable bonds is 3. The standard InChI is InChI=1S/C10H15Cl2NO2/c1-7-2-3-13(6-8(12)5-11)9(4-7)10(14)15/h5,7,9H,2-4,6H2,1H3,(H,14,15). The number of carboxylic acids is 1. The molecule has 86 valence electrons. The number of hydrogen-bond donors (Lipinski definition) is 1. The second-order valence-electron chi connectivity index (χ2n) is 4.01. The van der Waals surface area contributed by atoms with Crippen molar-refractivity contribution < 1.29 is 9.90 Å². The molecule has 0 aromatic rings. The van der Waals surface area contributed by atoms with Gasteiger partial charge in [0.05, 0.1) is 0 Å². The van der Waals surface area contributed by atoms with Crippen molar-refractivity contribution in [2.45, 2.75) is 25.8 Å². The van der Waals surface area contributed by atoms with Crippen molar-refractivity contribution in [3.63, 3.8) is 0 Å². The third-order valence-corrected chi connectivity index (χ3v) is 3.34. The fourth-order valence-electron chi connectivity index (χ4n) is 1.86. The smallest absolute Gasteiger partial charge is 0.320 e. The zero-order valence-corrected chi connectivity index (χ0v) is 10.1. The number of carbonyl (C=O) groups is 1. The van der Waals surface area contributed by atoms with Crippen molar-refractivity contribution in [1.29, 1.82) is 0 Å². The average Bonchev–Trinajstić information content (AvgIpc) is 2.20. The van der Waals surface area contributed by atoms with E-state index in [0.717, 1.165) is 13.0 Å². The van der Waals surface area contributed by atoms with Gasteiger partial charge in [0.1, 0.15) is 6.04 Å². The minimum Gasteiger partial charge on any atom is -0.480 e. The molecule has 0 aromatic heterocycles. The Morgan fingerprint density at radius 3 is 2.87 bits per heavy atom. The fraction of sp³-hybridized carbons (Fsp3) is 0.700. The Labute approximate surface area is 99.7 Å². The molecule has 0 amide bonds. The highest BCUT2D eigenvalue weighted by atomic mass is 35.5. The molecule has 0 saturated carbocycles. The Balaban J connectivity index is 2.64. The van der Waals surface area contributed by atoms with Gasteiger partial charge in [0.15, 0.2) is 0 Å². The summed E-state index contributed by atoms with van der Waals surface area (Å²) in [4.78, 5) is 12.9. The first kappa shape index (κ1) is 12.8. The molecule has 1 heterocycles. The van der Waals surface area contributed by atoms with Gasteiger partial charge >= 0.3 is 5.97 Å². The van der Waals surface area contributed by atoms with Gasteiger partial charge in [-0.3, -0.25) is 9.69 Å². The maximum absolute atomic E-state index is 11.0. The Morgan fingerprint density at radius 2 is 2.33 bits per heavy atom. The maximum atomic E-state index is 11.0. The lowest BCUT2D eigenvalue weighted by Gasteiger charge is -2.35. The highest BCUT2D eigenvalue weighted by Crippen LogP contribution is 2.24. The average molecular weight is 252 g/mol. The van der Waals surface area contributed by atoms with Gasteiger partial charge in [-0.1, -0.05) is 30.1 Å². The van der Waals surface area contributed by atoms with E-state index in [2.05, 4.69) is 6.92 Å². The van der Waals surface area contributed by atoms with Crippen molar-refractivity contribution in [3.8, 4) is 0 Å². The first-order valence-corrected chi connectivity index (χ1v) is 5.77. The highest BCUT2D eigenvalue weighted by Gasteiger charge is 2.31. The Kier molecular flexibility index (Phi) is 4.90. The van der Waals surface area contributed by atoms with Crippen LogP contribution in [-0.4, -0.2) is 35.1 Å². The van der Waals surface area contributed by atoms with Crippen LogP contribution in [-0.2, 0) is 4.79 Å². The largest absolute Gasteiger partial charge is 0.480 e. The van der Waals surface area contributed by atoms with Crippen LogP contribution >= 0.6 is 23.2 Å². The minimum absolute atomic E-state index is 0.425. The Morgan fingerprint density at radius 1 is 1.67 bits per heavy atom. The quantitative estimate of drug-likeness (QED) is 0.838. The number of nitrogens with zero attached hydrogens (tertiary/aromatic N) is 1. The molecule has 15 heavy (non-hydrogen) atoms. The molecule has 1 saturated heterocycles. The summed E-state index contributed by atoms with van der Waals surface area (Å²) in [6.07, 6.45) is 1.69. The highest BCUT2D eigenvalue weighted by molar-refractivity contribution is 6.36. The van der Waals surface area contributed by atoms with Crippen LogP contribution in [0, 0.1) is 5.92 Å². The summed E-state index contributed by atoms with van der Waals surface area (Å²) in [6.45, 7) is 3.26. The molecule has 3 nitrogen and oxygen atoms in total. The molecule has 1 rings (SSSR count). The van der Waals surface area contributed by atoms with Crippen molar-refractivity contribution in [3.05, 3.63) is 10.6 Å². The number of hydrogen-bond acceptors (Lipinski definition) is 2. The predicted octanol–water partition coefficient (Wildman–Crippen LogP) is 2.49. The summed E-state index contributed by atoms with van der Waals surface area (Å²) in [5.74, 6) is -0.318. The van der Waals surface area contributed by atoms with E-state index in [1.165, 1.54) is 5.54 Å². The van der Waals surface area contributed by atoms with Gasteiger partial charge in [0.2, 0.25) is 0 Å². The molecule has 0 bridgehead atoms. The predicted molar refractivity (Wildman–Crippen MR) is 61.2 cm³/mol. The summed E-state index contributed by atoms with van der Waals surface area (Å²) in [6, 6.07) is -0.431. The van der Waals surface area contributed by atoms with Crippen molar-refractivity contribution >= 4 is 29.2 Å². The molecule has 0 aromatic carbocycles. The van der Waals surface area contributed by atoms with Crippen molar-refractivity contribution in [2.75, 3.05) is 13.1 Å². The number of halogens is 2. The van der Waals surface area contributed by atoms with Gasteiger partial charge in [0, 0.05) is 17.1 Å². The zero-order chi connectivity index (χ0) is 11.4. The lowest BCUT2D eigenvalue weighted by Crippen LogP contribution is -2.47. The van der Waals surface area contributed by atoms with Crippen LogP contribution < -0.4 is 0 Å². The van der Waals surface area contributed by atoms with Crippen LogP contribution in [0.15, 0.2) is 10.6 Å². The summed E-state index contributed by atoms with van der Waals surface area (Å²) < 4.78 is 0. The molecule has 2 unspecified atom stereocenters. The summed E-state index contributed by atoms with van der Waals surface area (Å²) in [7, 11) is 0. The fourth-order valence-corrected chi connectivity index (χ4v) is 2.09. The van der Waals surface area contributed by atoms with Crippen LogP contribution in [0.1, 0.15) is 19.8 Å². The van der Waals surface area contributed by atoms with Crippen LogP contribution in [0.5, 0.6) is 0 Å². The second-order valence-corrected chi connectivity index (χ2v) is 4.71. The number of piperidine rings is 1. The van der Waals surface area contributed by atoms with E-state index >= 15 is 0 Å². The van der Waals surface area contributed by atoms with Crippen molar-refractivity contribution in [2.24, 2.45) is 5.92 Å². The van der Waals surface area contributed by atoms with E-state index in [4.69, 9.17) is 28.3 Å². The molecule has 1 aliphatic heterocycles. The monoisotopic (exact) mass is 251 g/mol. The van der Waals surface area contributed by atoms with Gasteiger partial charge < -0.3 is 5.11 Å². The minimum atomic E-state index is -0.777. The zero-order valence-electron chi connectivity index (χ0n) is 8.62. The SMILES string of the molecule is CC1CCN(CC(Cl)=CCl)C(C(=O)O)C1. The van der Waals surface area contributed by atoms with Crippen LogP contribution in [0.25, 0.3) is 0 Å². The summed E-state index contributed by atoms with van der Waals surface area (Å²) in [5, 5.41) is 9.56. The maximum Gasteiger partial charge on any atom is 0.320 e. The Hall–Kier alpha value is -0.250. The van der Waals surface area contributed by atoms with Gasteiger partial charge in [0.25, 0.3) is 0 Å². The van der Waals surface area contributed by atoms with E-state index in [1.54, 1.807) is 0 Å². The second kappa shape index (κ2) is 5.73. The molecule has 1 N–H and O–H groups in total. The molecule has 0 aliphatic carbocycles. The molecular weight excluding hydrogens is 237 g/mol. The first-order valence-electron chi connectivity index (χ1n) is 4.96. The molecular formula is C10H15Cl2NO2. The van der Waals surface area contributed by atoms with Crippen LogP contribution in [0.4, 0.5) is 0 Å². The molecule has 2 atom stereocenters. The van der Waals surface area contributed by atoms with Crippen LogP contribution in [0.2, 0.25) is 0 Å². The van der Waals surface area contributed by atoms with E-state index in [0.29, 0.717) is 23.9 Å². The molecule has 1 aliphatic rings. The van der Waals surface area contributed by atoms with Gasteiger partial charge in [-0.15, -0.1) is 0 Å². The molecule has 1 fully saturated rings. The lowest BCUT2D eigenvalue weighted by molar-refractivity contribution is -0.145. The molecule has 0 spiro atoms. The van der Waals surface area contributed by atoms with Gasteiger partial charge in [-0.05, 0) is 25.3 Å². The summed E-state index contributed by atoms with van der Waals surface area (Å²) >= 11 is 11.3. The lowest BCUT2D eigenvalue weighted by atomic mass is 9.92. The van der Waals surface area contributed by atoms with Gasteiger partial charge in [-0.2, -0.15) is 0 Å². The van der Waals surface area contributed by atoms with E-state index < -0.39 is 12.0 Å². The molecule has 0 radical (unpaired) electrons.